The van der Waals surface area contributed by atoms with Gasteiger partial charge in [0.05, 0.1) is 6.21 Å². The van der Waals surface area contributed by atoms with Gasteiger partial charge in [-0.15, -0.1) is 15.3 Å². The topological polar surface area (TPSA) is 67.5 Å². The molecule has 0 aliphatic heterocycles. The monoisotopic (exact) mass is 314 g/mol. The van der Waals surface area contributed by atoms with Crippen LogP contribution in [0.1, 0.15) is 5.56 Å². The van der Waals surface area contributed by atoms with Gasteiger partial charge in [-0.2, -0.15) is 9.62 Å². The Balaban J connectivity index is 1.45. The average molecular weight is 314 g/mol. The van der Waals surface area contributed by atoms with Gasteiger partial charge < -0.3 is 0 Å². The summed E-state index contributed by atoms with van der Waals surface area (Å²) in [6.07, 6.45) is 3.30. The SMILES string of the molecule is C(=NNc1ccc2nncn2n1)c1ccc(-c2ccccc2)cc1. The zero-order chi connectivity index (χ0) is 16.2. The maximum absolute atomic E-state index is 4.29. The summed E-state index contributed by atoms with van der Waals surface area (Å²) in [5.41, 5.74) is 6.99. The number of rotatable bonds is 4. The lowest BCUT2D eigenvalue weighted by Gasteiger charge is -2.02. The fraction of sp³-hybridized carbons (Fsp3) is 0. The molecule has 0 fully saturated rings. The van der Waals surface area contributed by atoms with Gasteiger partial charge >= 0.3 is 0 Å². The summed E-state index contributed by atoms with van der Waals surface area (Å²) < 4.78 is 1.59. The molecule has 6 heteroatoms. The van der Waals surface area contributed by atoms with Gasteiger partial charge in [0.25, 0.3) is 0 Å². The van der Waals surface area contributed by atoms with Crippen molar-refractivity contribution in [3.05, 3.63) is 78.6 Å². The van der Waals surface area contributed by atoms with Gasteiger partial charge in [0, 0.05) is 0 Å². The summed E-state index contributed by atoms with van der Waals surface area (Å²) in [6.45, 7) is 0. The van der Waals surface area contributed by atoms with E-state index < -0.39 is 0 Å². The Labute approximate surface area is 138 Å². The lowest BCUT2D eigenvalue weighted by atomic mass is 10.0. The minimum atomic E-state index is 0.624. The maximum Gasteiger partial charge on any atom is 0.177 e. The van der Waals surface area contributed by atoms with Crippen LogP contribution in [0.25, 0.3) is 16.8 Å². The summed E-state index contributed by atoms with van der Waals surface area (Å²) in [5.74, 6) is 0.624. The number of nitrogens with zero attached hydrogens (tertiary/aromatic N) is 5. The zero-order valence-electron chi connectivity index (χ0n) is 12.7. The van der Waals surface area contributed by atoms with Crippen molar-refractivity contribution in [2.75, 3.05) is 5.43 Å². The second-order valence-electron chi connectivity index (χ2n) is 5.21. The molecule has 116 valence electrons. The molecule has 24 heavy (non-hydrogen) atoms. The standard InChI is InChI=1S/C18H14N6/c1-2-4-15(5-3-1)16-8-6-14(7-9-16)12-19-21-17-10-11-18-22-20-13-24(18)23-17/h1-13H,(H,21,23). The molecule has 0 saturated carbocycles. The molecule has 0 spiro atoms. The van der Waals surface area contributed by atoms with Gasteiger partial charge in [0.15, 0.2) is 11.5 Å². The highest BCUT2D eigenvalue weighted by molar-refractivity contribution is 5.81. The van der Waals surface area contributed by atoms with Crippen molar-refractivity contribution < 1.29 is 0 Å². The lowest BCUT2D eigenvalue weighted by molar-refractivity contribution is 0.925. The molecule has 4 rings (SSSR count). The molecule has 0 bridgehead atoms. The first-order valence-corrected chi connectivity index (χ1v) is 7.50. The lowest BCUT2D eigenvalue weighted by Crippen LogP contribution is -1.98. The molecule has 1 N–H and O–H groups in total. The highest BCUT2D eigenvalue weighted by atomic mass is 15.4. The van der Waals surface area contributed by atoms with Gasteiger partial charge in [-0.3, -0.25) is 5.43 Å². The molecular formula is C18H14N6. The van der Waals surface area contributed by atoms with E-state index in [9.17, 15) is 0 Å². The highest BCUT2D eigenvalue weighted by Gasteiger charge is 1.98. The maximum atomic E-state index is 4.29. The Morgan fingerprint density at radius 1 is 0.875 bits per heavy atom. The predicted octanol–water partition coefficient (Wildman–Crippen LogP) is 3.24. The van der Waals surface area contributed by atoms with E-state index in [1.165, 1.54) is 11.1 Å². The van der Waals surface area contributed by atoms with E-state index in [0.717, 1.165) is 5.56 Å². The normalized spacial score (nSPS) is 11.2. The molecule has 0 atom stereocenters. The largest absolute Gasteiger partial charge is 0.260 e. The van der Waals surface area contributed by atoms with E-state index in [2.05, 4.69) is 50.1 Å². The number of aromatic nitrogens is 4. The van der Waals surface area contributed by atoms with E-state index in [-0.39, 0.29) is 0 Å². The van der Waals surface area contributed by atoms with Crippen molar-refractivity contribution in [1.82, 2.24) is 19.8 Å². The van der Waals surface area contributed by atoms with E-state index >= 15 is 0 Å². The Morgan fingerprint density at radius 2 is 1.67 bits per heavy atom. The Morgan fingerprint density at radius 3 is 2.50 bits per heavy atom. The number of anilines is 1. The number of hydrazone groups is 1. The summed E-state index contributed by atoms with van der Waals surface area (Å²) in [4.78, 5) is 0. The average Bonchev–Trinajstić information content (AvgIpc) is 3.11. The molecular weight excluding hydrogens is 300 g/mol. The van der Waals surface area contributed by atoms with Gasteiger partial charge in [-0.1, -0.05) is 54.6 Å². The van der Waals surface area contributed by atoms with Crippen LogP contribution in [0.15, 0.2) is 78.2 Å². The molecule has 0 saturated heterocycles. The third-order valence-electron chi connectivity index (χ3n) is 3.57. The summed E-state index contributed by atoms with van der Waals surface area (Å²) >= 11 is 0. The molecule has 6 nitrogen and oxygen atoms in total. The minimum Gasteiger partial charge on any atom is -0.260 e. The summed E-state index contributed by atoms with van der Waals surface area (Å²) in [6, 6.07) is 22.1. The molecule has 2 aromatic heterocycles. The molecule has 0 unspecified atom stereocenters. The molecule has 0 aliphatic carbocycles. The van der Waals surface area contributed by atoms with Gasteiger partial charge in [-0.05, 0) is 28.8 Å². The summed E-state index contributed by atoms with van der Waals surface area (Å²) in [5, 5.41) is 16.2. The van der Waals surface area contributed by atoms with Crippen LogP contribution in [0.3, 0.4) is 0 Å². The van der Waals surface area contributed by atoms with E-state index in [1.54, 1.807) is 23.1 Å². The smallest absolute Gasteiger partial charge is 0.177 e. The number of fused-ring (bicyclic) bond motifs is 1. The van der Waals surface area contributed by atoms with Crippen LogP contribution in [0.5, 0.6) is 0 Å². The van der Waals surface area contributed by atoms with E-state index in [4.69, 9.17) is 0 Å². The van der Waals surface area contributed by atoms with Crippen LogP contribution in [0.2, 0.25) is 0 Å². The van der Waals surface area contributed by atoms with E-state index in [0.29, 0.717) is 11.5 Å². The number of nitrogens with one attached hydrogen (secondary N) is 1. The first kappa shape index (κ1) is 14.1. The van der Waals surface area contributed by atoms with Gasteiger partial charge in [-0.25, -0.2) is 0 Å². The van der Waals surface area contributed by atoms with Crippen molar-refractivity contribution in [2.24, 2.45) is 5.10 Å². The Hall–Kier alpha value is -3.54. The first-order chi connectivity index (χ1) is 11.9. The second kappa shape index (κ2) is 6.29. The van der Waals surface area contributed by atoms with Crippen LogP contribution in [-0.4, -0.2) is 26.0 Å². The number of hydrogen-bond donors (Lipinski definition) is 1. The molecule has 2 heterocycles. The third kappa shape index (κ3) is 2.98. The van der Waals surface area contributed by atoms with Crippen molar-refractivity contribution >= 4 is 17.7 Å². The summed E-state index contributed by atoms with van der Waals surface area (Å²) in [7, 11) is 0. The fourth-order valence-electron chi connectivity index (χ4n) is 2.35. The Bertz CT molecular complexity index is 973. The van der Waals surface area contributed by atoms with Crippen LogP contribution in [0.4, 0.5) is 5.82 Å². The predicted molar refractivity (Wildman–Crippen MR) is 93.9 cm³/mol. The molecule has 0 radical (unpaired) electrons. The van der Waals surface area contributed by atoms with Gasteiger partial charge in [0.1, 0.15) is 6.33 Å². The van der Waals surface area contributed by atoms with Crippen molar-refractivity contribution in [3.8, 4) is 11.1 Å². The van der Waals surface area contributed by atoms with Crippen LogP contribution < -0.4 is 5.43 Å². The van der Waals surface area contributed by atoms with Crippen LogP contribution >= 0.6 is 0 Å². The quantitative estimate of drug-likeness (QED) is 0.464. The van der Waals surface area contributed by atoms with Crippen LogP contribution in [-0.2, 0) is 0 Å². The molecule has 4 aromatic rings. The van der Waals surface area contributed by atoms with Crippen LogP contribution in [0, 0.1) is 0 Å². The second-order valence-corrected chi connectivity index (χ2v) is 5.21. The highest BCUT2D eigenvalue weighted by Crippen LogP contribution is 2.18. The Kier molecular flexibility index (Phi) is 3.69. The van der Waals surface area contributed by atoms with Crippen molar-refractivity contribution in [2.45, 2.75) is 0 Å². The third-order valence-corrected chi connectivity index (χ3v) is 3.57. The zero-order valence-corrected chi connectivity index (χ0v) is 12.7. The molecule has 2 aromatic carbocycles. The van der Waals surface area contributed by atoms with Gasteiger partial charge in [0.2, 0.25) is 0 Å². The fourth-order valence-corrected chi connectivity index (χ4v) is 2.35. The minimum absolute atomic E-state index is 0.624. The number of benzene rings is 2. The van der Waals surface area contributed by atoms with Crippen molar-refractivity contribution in [1.29, 1.82) is 0 Å². The first-order valence-electron chi connectivity index (χ1n) is 7.50. The van der Waals surface area contributed by atoms with E-state index in [1.807, 2.05) is 36.4 Å². The van der Waals surface area contributed by atoms with Crippen molar-refractivity contribution in [3.63, 3.8) is 0 Å². The molecule has 0 aliphatic rings. The number of hydrogen-bond acceptors (Lipinski definition) is 5. The molecule has 0 amide bonds.